The van der Waals surface area contributed by atoms with Crippen LogP contribution >= 0.6 is 0 Å². The molecule has 24 heavy (non-hydrogen) atoms. The van der Waals surface area contributed by atoms with Gasteiger partial charge in [-0.15, -0.1) is 0 Å². The van der Waals surface area contributed by atoms with Crippen molar-refractivity contribution in [3.8, 4) is 5.75 Å². The molecule has 1 aliphatic heterocycles. The molecular weight excluding hydrogens is 304 g/mol. The molecule has 0 spiro atoms. The number of carbonyl (C=O) groups excluding carboxylic acids is 2. The molecule has 2 aromatic carbocycles. The zero-order valence-electron chi connectivity index (χ0n) is 13.5. The van der Waals surface area contributed by atoms with Gasteiger partial charge in [0, 0.05) is 13.1 Å². The number of benzene rings is 2. The highest BCUT2D eigenvalue weighted by atomic mass is 16.3. The molecule has 0 saturated carbocycles. The first-order valence-electron chi connectivity index (χ1n) is 7.97. The minimum absolute atomic E-state index is 0.122. The molecule has 2 amide bonds. The predicted octanol–water partition coefficient (Wildman–Crippen LogP) is 1.94. The molecule has 2 aromatic rings. The Hall–Kier alpha value is -2.82. The van der Waals surface area contributed by atoms with Gasteiger partial charge >= 0.3 is 0 Å². The Morgan fingerprint density at radius 1 is 1.25 bits per heavy atom. The Kier molecular flexibility index (Phi) is 4.51. The van der Waals surface area contributed by atoms with Gasteiger partial charge in [-0.3, -0.25) is 9.59 Å². The Morgan fingerprint density at radius 2 is 2.04 bits per heavy atom. The molecule has 1 saturated heterocycles. The number of rotatable bonds is 3. The molecule has 0 aliphatic carbocycles. The van der Waals surface area contributed by atoms with Crippen molar-refractivity contribution in [2.45, 2.75) is 19.4 Å². The average molecular weight is 324 g/mol. The van der Waals surface area contributed by atoms with Crippen LogP contribution in [0.15, 0.2) is 48.5 Å². The lowest BCUT2D eigenvalue weighted by Gasteiger charge is -2.36. The number of piperazine rings is 1. The monoisotopic (exact) mass is 324 g/mol. The first-order valence-corrected chi connectivity index (χ1v) is 7.97. The second-order valence-electron chi connectivity index (χ2n) is 5.98. The van der Waals surface area contributed by atoms with Crippen LogP contribution in [0.25, 0.3) is 0 Å². The van der Waals surface area contributed by atoms with E-state index in [-0.39, 0.29) is 24.0 Å². The quantitative estimate of drug-likeness (QED) is 0.906. The molecule has 1 aliphatic rings. The molecule has 3 rings (SSSR count). The van der Waals surface area contributed by atoms with Crippen molar-refractivity contribution in [1.29, 1.82) is 0 Å². The smallest absolute Gasteiger partial charge is 0.247 e. The number of aryl methyl sites for hydroxylation is 1. The van der Waals surface area contributed by atoms with Crippen molar-refractivity contribution in [2.24, 2.45) is 0 Å². The number of phenolic OH excluding ortho intramolecular Hbond substituents is 1. The first kappa shape index (κ1) is 16.1. The summed E-state index contributed by atoms with van der Waals surface area (Å²) in [6.07, 6.45) is 0.157. The number of carbonyl (C=O) groups is 2. The van der Waals surface area contributed by atoms with Crippen LogP contribution in [0.5, 0.6) is 5.75 Å². The summed E-state index contributed by atoms with van der Waals surface area (Å²) in [6.45, 7) is 2.87. The van der Waals surface area contributed by atoms with E-state index in [4.69, 9.17) is 0 Å². The fraction of sp³-hybridized carbons (Fsp3) is 0.263. The fourth-order valence-electron chi connectivity index (χ4n) is 3.08. The Labute approximate surface area is 140 Å². The van der Waals surface area contributed by atoms with Crippen molar-refractivity contribution in [1.82, 2.24) is 10.2 Å². The second-order valence-corrected chi connectivity index (χ2v) is 5.98. The molecular formula is C19H20N2O3. The third-order valence-corrected chi connectivity index (χ3v) is 4.28. The van der Waals surface area contributed by atoms with E-state index in [0.29, 0.717) is 13.1 Å². The van der Waals surface area contributed by atoms with Gasteiger partial charge in [-0.25, -0.2) is 0 Å². The van der Waals surface area contributed by atoms with E-state index >= 15 is 0 Å². The van der Waals surface area contributed by atoms with Crippen LogP contribution in [0, 0.1) is 6.92 Å². The Bertz CT molecular complexity index is 773. The lowest BCUT2D eigenvalue weighted by Crippen LogP contribution is -2.52. The van der Waals surface area contributed by atoms with Crippen molar-refractivity contribution in [3.05, 3.63) is 65.2 Å². The summed E-state index contributed by atoms with van der Waals surface area (Å²) in [6, 6.07) is 13.7. The number of hydrogen-bond donors (Lipinski definition) is 2. The molecule has 124 valence electrons. The Morgan fingerprint density at radius 3 is 2.79 bits per heavy atom. The molecule has 1 fully saturated rings. The van der Waals surface area contributed by atoms with Gasteiger partial charge in [0.1, 0.15) is 11.8 Å². The van der Waals surface area contributed by atoms with Gasteiger partial charge in [0.05, 0.1) is 6.42 Å². The summed E-state index contributed by atoms with van der Waals surface area (Å²) in [5.74, 6) is -0.143. The van der Waals surface area contributed by atoms with Crippen LogP contribution in [-0.2, 0) is 16.0 Å². The summed E-state index contributed by atoms with van der Waals surface area (Å²) < 4.78 is 0. The molecule has 5 heteroatoms. The number of nitrogens with one attached hydrogen (secondary N) is 1. The van der Waals surface area contributed by atoms with Crippen LogP contribution in [-0.4, -0.2) is 34.9 Å². The molecule has 0 aromatic heterocycles. The molecule has 0 radical (unpaired) electrons. The standard InChI is InChI=1S/C19H20N2O3/c1-13-5-2-3-8-16(13)18-19(24)20-9-10-21(18)17(23)12-14-6-4-7-15(22)11-14/h2-8,11,18,22H,9-10,12H2,1H3,(H,20,24). The third kappa shape index (κ3) is 3.25. The summed E-state index contributed by atoms with van der Waals surface area (Å²) in [4.78, 5) is 26.8. The highest BCUT2D eigenvalue weighted by Crippen LogP contribution is 2.27. The average Bonchev–Trinajstić information content (AvgIpc) is 2.55. The van der Waals surface area contributed by atoms with E-state index < -0.39 is 6.04 Å². The molecule has 0 bridgehead atoms. The second kappa shape index (κ2) is 6.74. The highest BCUT2D eigenvalue weighted by molar-refractivity contribution is 5.90. The first-order chi connectivity index (χ1) is 11.6. The maximum absolute atomic E-state index is 12.8. The van der Waals surface area contributed by atoms with Crippen LogP contribution in [0.1, 0.15) is 22.7 Å². The molecule has 1 atom stereocenters. The van der Waals surface area contributed by atoms with E-state index in [0.717, 1.165) is 16.7 Å². The van der Waals surface area contributed by atoms with E-state index in [1.807, 2.05) is 31.2 Å². The normalized spacial score (nSPS) is 17.5. The maximum Gasteiger partial charge on any atom is 0.247 e. The van der Waals surface area contributed by atoms with Crippen molar-refractivity contribution >= 4 is 11.8 Å². The van der Waals surface area contributed by atoms with Gasteiger partial charge in [0.25, 0.3) is 0 Å². The topological polar surface area (TPSA) is 69.6 Å². The van der Waals surface area contributed by atoms with Gasteiger partial charge < -0.3 is 15.3 Å². The minimum Gasteiger partial charge on any atom is -0.508 e. The number of amides is 2. The summed E-state index contributed by atoms with van der Waals surface area (Å²) in [5.41, 5.74) is 2.56. The number of phenols is 1. The number of nitrogens with zero attached hydrogens (tertiary/aromatic N) is 1. The number of hydrogen-bond acceptors (Lipinski definition) is 3. The van der Waals surface area contributed by atoms with Crippen molar-refractivity contribution < 1.29 is 14.7 Å². The highest BCUT2D eigenvalue weighted by Gasteiger charge is 2.34. The van der Waals surface area contributed by atoms with Crippen molar-refractivity contribution in [2.75, 3.05) is 13.1 Å². The van der Waals surface area contributed by atoms with E-state index in [1.165, 1.54) is 0 Å². The predicted molar refractivity (Wildman–Crippen MR) is 90.5 cm³/mol. The van der Waals surface area contributed by atoms with E-state index in [9.17, 15) is 14.7 Å². The third-order valence-electron chi connectivity index (χ3n) is 4.28. The van der Waals surface area contributed by atoms with E-state index in [2.05, 4.69) is 5.32 Å². The largest absolute Gasteiger partial charge is 0.508 e. The minimum atomic E-state index is -0.607. The van der Waals surface area contributed by atoms with E-state index in [1.54, 1.807) is 29.2 Å². The van der Waals surface area contributed by atoms with Crippen molar-refractivity contribution in [3.63, 3.8) is 0 Å². The van der Waals surface area contributed by atoms with Gasteiger partial charge in [0.15, 0.2) is 0 Å². The molecule has 2 N–H and O–H groups in total. The lowest BCUT2D eigenvalue weighted by molar-refractivity contribution is -0.143. The van der Waals surface area contributed by atoms with Crippen LogP contribution in [0.4, 0.5) is 0 Å². The molecule has 5 nitrogen and oxygen atoms in total. The summed E-state index contributed by atoms with van der Waals surface area (Å²) in [5, 5.41) is 12.4. The molecule has 1 unspecified atom stereocenters. The Balaban J connectivity index is 1.87. The maximum atomic E-state index is 12.8. The lowest BCUT2D eigenvalue weighted by atomic mass is 9.97. The van der Waals surface area contributed by atoms with Gasteiger partial charge in [0.2, 0.25) is 11.8 Å². The van der Waals surface area contributed by atoms with Crippen LogP contribution in [0.2, 0.25) is 0 Å². The van der Waals surface area contributed by atoms with Gasteiger partial charge in [-0.05, 0) is 35.7 Å². The van der Waals surface area contributed by atoms with Gasteiger partial charge in [-0.2, -0.15) is 0 Å². The van der Waals surface area contributed by atoms with Gasteiger partial charge in [-0.1, -0.05) is 36.4 Å². The summed E-state index contributed by atoms with van der Waals surface area (Å²) >= 11 is 0. The summed E-state index contributed by atoms with van der Waals surface area (Å²) in [7, 11) is 0. The van der Waals surface area contributed by atoms with Crippen LogP contribution in [0.3, 0.4) is 0 Å². The SMILES string of the molecule is Cc1ccccc1C1C(=O)NCCN1C(=O)Cc1cccc(O)c1. The fourth-order valence-corrected chi connectivity index (χ4v) is 3.08. The van der Waals surface area contributed by atoms with Crippen LogP contribution < -0.4 is 5.32 Å². The number of aromatic hydroxyl groups is 1. The molecule has 1 heterocycles. The zero-order valence-corrected chi connectivity index (χ0v) is 13.5. The zero-order chi connectivity index (χ0) is 17.1.